The van der Waals surface area contributed by atoms with Crippen LogP contribution in [0, 0.1) is 0 Å². The van der Waals surface area contributed by atoms with Gasteiger partial charge in [0.05, 0.1) is 10.5 Å². The lowest BCUT2D eigenvalue weighted by Crippen LogP contribution is -2.36. The molecule has 160 valence electrons. The number of nitrogens with one attached hydrogen (secondary N) is 1. The first-order chi connectivity index (χ1) is 14.6. The molecule has 1 amide bonds. The van der Waals surface area contributed by atoms with Crippen molar-refractivity contribution in [1.82, 2.24) is 9.62 Å². The summed E-state index contributed by atoms with van der Waals surface area (Å²) in [6.45, 7) is 3.27. The van der Waals surface area contributed by atoms with Gasteiger partial charge in [-0.2, -0.15) is 4.31 Å². The Morgan fingerprint density at radius 3 is 2.23 bits per heavy atom. The number of sulfonamides is 1. The fourth-order valence-electron chi connectivity index (χ4n) is 4.22. The first-order valence-electron chi connectivity index (χ1n) is 10.8. The van der Waals surface area contributed by atoms with Gasteiger partial charge in [0.1, 0.15) is 0 Å². The molecule has 4 rings (SSSR count). The Labute approximate surface area is 178 Å². The summed E-state index contributed by atoms with van der Waals surface area (Å²) in [6.07, 6.45) is 5.00. The van der Waals surface area contributed by atoms with E-state index in [0.29, 0.717) is 25.2 Å². The Kier molecular flexibility index (Phi) is 6.39. The molecule has 1 N–H and O–H groups in total. The fourth-order valence-corrected chi connectivity index (χ4v) is 5.76. The number of carbonyl (C=O) groups excluding carboxylic acids is 1. The van der Waals surface area contributed by atoms with Crippen molar-refractivity contribution in [3.8, 4) is 0 Å². The van der Waals surface area contributed by atoms with Gasteiger partial charge in [-0.3, -0.25) is 4.79 Å². The van der Waals surface area contributed by atoms with Crippen LogP contribution in [0.2, 0.25) is 0 Å². The molecule has 0 aromatic heterocycles. The van der Waals surface area contributed by atoms with Crippen LogP contribution in [-0.2, 0) is 16.6 Å². The maximum atomic E-state index is 13.2. The standard InChI is InChI=1S/C23H29N3O3S/c27-23(24-18-19-9-3-1-4-10-19)21-17-20(11-12-22(21)25-13-7-8-14-25)30(28,29)26-15-5-2-6-16-26/h1,3-4,9-12,17H,2,5-8,13-16,18H2,(H,24,27). The summed E-state index contributed by atoms with van der Waals surface area (Å²) < 4.78 is 27.9. The van der Waals surface area contributed by atoms with Gasteiger partial charge in [-0.25, -0.2) is 8.42 Å². The lowest BCUT2D eigenvalue weighted by Gasteiger charge is -2.27. The average molecular weight is 428 g/mol. The van der Waals surface area contributed by atoms with E-state index in [9.17, 15) is 13.2 Å². The zero-order valence-corrected chi connectivity index (χ0v) is 18.0. The number of nitrogens with zero attached hydrogens (tertiary/aromatic N) is 2. The average Bonchev–Trinajstić information content (AvgIpc) is 3.33. The van der Waals surface area contributed by atoms with Crippen LogP contribution in [0.1, 0.15) is 48.0 Å². The summed E-state index contributed by atoms with van der Waals surface area (Å²) in [4.78, 5) is 15.5. The topological polar surface area (TPSA) is 69.7 Å². The Bertz CT molecular complexity index is 980. The lowest BCUT2D eigenvalue weighted by atomic mass is 10.1. The molecule has 2 aromatic carbocycles. The summed E-state index contributed by atoms with van der Waals surface area (Å²) in [5.41, 5.74) is 2.26. The van der Waals surface area contributed by atoms with E-state index < -0.39 is 10.0 Å². The lowest BCUT2D eigenvalue weighted by molar-refractivity contribution is 0.0951. The van der Waals surface area contributed by atoms with Crippen LogP contribution >= 0.6 is 0 Å². The number of hydrogen-bond acceptors (Lipinski definition) is 4. The zero-order valence-electron chi connectivity index (χ0n) is 17.2. The molecule has 6 nitrogen and oxygen atoms in total. The van der Waals surface area contributed by atoms with Gasteiger partial charge in [0.25, 0.3) is 5.91 Å². The van der Waals surface area contributed by atoms with Gasteiger partial charge in [-0.1, -0.05) is 36.8 Å². The second-order valence-corrected chi connectivity index (χ2v) is 9.94. The molecule has 2 aliphatic heterocycles. The van der Waals surface area contributed by atoms with Gasteiger partial charge in [0.15, 0.2) is 0 Å². The molecule has 2 heterocycles. The van der Waals surface area contributed by atoms with Crippen molar-refractivity contribution in [2.24, 2.45) is 0 Å². The molecule has 2 aromatic rings. The van der Waals surface area contributed by atoms with Crippen molar-refractivity contribution >= 4 is 21.6 Å². The van der Waals surface area contributed by atoms with E-state index in [1.54, 1.807) is 22.5 Å². The van der Waals surface area contributed by atoms with E-state index in [4.69, 9.17) is 0 Å². The van der Waals surface area contributed by atoms with Crippen LogP contribution in [0.15, 0.2) is 53.4 Å². The molecule has 30 heavy (non-hydrogen) atoms. The number of amides is 1. The molecule has 0 bridgehead atoms. The third-order valence-electron chi connectivity index (χ3n) is 5.91. The third-order valence-corrected chi connectivity index (χ3v) is 7.80. The number of piperidine rings is 1. The number of rotatable bonds is 6. The molecular formula is C23H29N3O3S. The summed E-state index contributed by atoms with van der Waals surface area (Å²) in [6, 6.07) is 14.7. The van der Waals surface area contributed by atoms with Crippen LogP contribution < -0.4 is 10.2 Å². The van der Waals surface area contributed by atoms with Crippen LogP contribution in [0.3, 0.4) is 0 Å². The Balaban J connectivity index is 1.63. The molecule has 0 unspecified atom stereocenters. The summed E-state index contributed by atoms with van der Waals surface area (Å²) in [5.74, 6) is -0.239. The van der Waals surface area contributed by atoms with Crippen molar-refractivity contribution in [3.63, 3.8) is 0 Å². The van der Waals surface area contributed by atoms with Gasteiger partial charge in [0, 0.05) is 38.4 Å². The molecule has 2 aliphatic rings. The second kappa shape index (κ2) is 9.18. The monoisotopic (exact) mass is 427 g/mol. The zero-order chi connectivity index (χ0) is 21.0. The third kappa shape index (κ3) is 4.52. The van der Waals surface area contributed by atoms with Crippen molar-refractivity contribution in [2.75, 3.05) is 31.1 Å². The molecule has 0 atom stereocenters. The highest BCUT2D eigenvalue weighted by Gasteiger charge is 2.28. The number of anilines is 1. The molecular weight excluding hydrogens is 398 g/mol. The highest BCUT2D eigenvalue weighted by atomic mass is 32.2. The highest BCUT2D eigenvalue weighted by Crippen LogP contribution is 2.29. The van der Waals surface area contributed by atoms with E-state index in [1.807, 2.05) is 30.3 Å². The molecule has 7 heteroatoms. The predicted octanol–water partition coefficient (Wildman–Crippen LogP) is 3.39. The fraction of sp³-hybridized carbons (Fsp3) is 0.435. The molecule has 0 radical (unpaired) electrons. The predicted molar refractivity (Wildman–Crippen MR) is 118 cm³/mol. The van der Waals surface area contributed by atoms with E-state index in [-0.39, 0.29) is 10.8 Å². The number of benzene rings is 2. The van der Waals surface area contributed by atoms with Crippen LogP contribution in [0.4, 0.5) is 5.69 Å². The quantitative estimate of drug-likeness (QED) is 0.767. The van der Waals surface area contributed by atoms with Gasteiger partial charge >= 0.3 is 0 Å². The minimum absolute atomic E-state index is 0.206. The van der Waals surface area contributed by atoms with Gasteiger partial charge in [-0.05, 0) is 49.4 Å². The molecule has 0 saturated carbocycles. The smallest absolute Gasteiger partial charge is 0.253 e. The largest absolute Gasteiger partial charge is 0.371 e. The maximum Gasteiger partial charge on any atom is 0.253 e. The van der Waals surface area contributed by atoms with Crippen molar-refractivity contribution in [2.45, 2.75) is 43.5 Å². The van der Waals surface area contributed by atoms with E-state index >= 15 is 0 Å². The van der Waals surface area contributed by atoms with Crippen LogP contribution in [0.25, 0.3) is 0 Å². The molecule has 0 spiro atoms. The van der Waals surface area contributed by atoms with E-state index in [1.165, 1.54) is 0 Å². The minimum Gasteiger partial charge on any atom is -0.371 e. The van der Waals surface area contributed by atoms with Crippen LogP contribution in [0.5, 0.6) is 0 Å². The Hall–Kier alpha value is -2.38. The van der Waals surface area contributed by atoms with Crippen molar-refractivity contribution in [1.29, 1.82) is 0 Å². The molecule has 2 saturated heterocycles. The highest BCUT2D eigenvalue weighted by molar-refractivity contribution is 7.89. The number of carbonyl (C=O) groups is 1. The van der Waals surface area contributed by atoms with Crippen molar-refractivity contribution < 1.29 is 13.2 Å². The van der Waals surface area contributed by atoms with E-state index in [2.05, 4.69) is 10.2 Å². The summed E-state index contributed by atoms with van der Waals surface area (Å²) in [5, 5.41) is 2.96. The SMILES string of the molecule is O=C(NCc1ccccc1)c1cc(S(=O)(=O)N2CCCCC2)ccc1N1CCCC1. The Morgan fingerprint density at radius 2 is 1.53 bits per heavy atom. The normalized spacial score (nSPS) is 17.8. The van der Waals surface area contributed by atoms with Gasteiger partial charge < -0.3 is 10.2 Å². The van der Waals surface area contributed by atoms with Gasteiger partial charge in [-0.15, -0.1) is 0 Å². The van der Waals surface area contributed by atoms with Gasteiger partial charge in [0.2, 0.25) is 10.0 Å². The number of hydrogen-bond donors (Lipinski definition) is 1. The minimum atomic E-state index is -3.59. The second-order valence-electron chi connectivity index (χ2n) is 8.01. The first kappa shape index (κ1) is 20.9. The van der Waals surface area contributed by atoms with E-state index in [0.717, 1.165) is 56.4 Å². The maximum absolute atomic E-state index is 13.2. The molecule has 0 aliphatic carbocycles. The van der Waals surface area contributed by atoms with Crippen molar-refractivity contribution in [3.05, 3.63) is 59.7 Å². The summed E-state index contributed by atoms with van der Waals surface area (Å²) >= 11 is 0. The van der Waals surface area contributed by atoms with Crippen LogP contribution in [-0.4, -0.2) is 44.8 Å². The molecule has 2 fully saturated rings. The Morgan fingerprint density at radius 1 is 0.867 bits per heavy atom. The summed E-state index contributed by atoms with van der Waals surface area (Å²) in [7, 11) is -3.59. The first-order valence-corrected chi connectivity index (χ1v) is 12.2.